The van der Waals surface area contributed by atoms with E-state index in [-0.39, 0.29) is 5.78 Å². The summed E-state index contributed by atoms with van der Waals surface area (Å²) in [6.45, 7) is 5.13. The zero-order valence-corrected chi connectivity index (χ0v) is 18.7. The van der Waals surface area contributed by atoms with Crippen LogP contribution in [0.1, 0.15) is 74.7 Å². The van der Waals surface area contributed by atoms with Gasteiger partial charge in [-0.1, -0.05) is 64.2 Å². The first-order valence-electron chi connectivity index (χ1n) is 10.9. The number of thioether (sulfide) groups is 1. The van der Waals surface area contributed by atoms with Gasteiger partial charge in [-0.05, 0) is 61.1 Å². The number of hydrogen-bond acceptors (Lipinski definition) is 3. The second-order valence-electron chi connectivity index (χ2n) is 7.22. The number of allylic oxidation sites excluding steroid dienone is 1. The van der Waals surface area contributed by atoms with Crippen LogP contribution in [0.25, 0.3) is 6.08 Å². The first-order valence-corrected chi connectivity index (χ1v) is 11.9. The van der Waals surface area contributed by atoms with Gasteiger partial charge in [-0.3, -0.25) is 4.79 Å². The molecule has 0 saturated heterocycles. The van der Waals surface area contributed by atoms with Crippen LogP contribution >= 0.6 is 11.8 Å². The highest BCUT2D eigenvalue weighted by atomic mass is 32.2. The van der Waals surface area contributed by atoms with Crippen LogP contribution in [0.5, 0.6) is 5.75 Å². The number of para-hydroxylation sites is 1. The molecule has 0 aromatic heterocycles. The van der Waals surface area contributed by atoms with Crippen LogP contribution in [-0.4, -0.2) is 18.1 Å². The van der Waals surface area contributed by atoms with E-state index in [1.807, 2.05) is 66.4 Å². The van der Waals surface area contributed by atoms with Gasteiger partial charge >= 0.3 is 0 Å². The molecule has 156 valence electrons. The Kier molecular flexibility index (Phi) is 11.3. The fourth-order valence-corrected chi connectivity index (χ4v) is 3.78. The topological polar surface area (TPSA) is 26.3 Å². The third-order valence-electron chi connectivity index (χ3n) is 4.70. The molecular formula is C26H34O2S. The Morgan fingerprint density at radius 2 is 1.62 bits per heavy atom. The lowest BCUT2D eigenvalue weighted by Crippen LogP contribution is -1.99. The second kappa shape index (κ2) is 14.1. The highest BCUT2D eigenvalue weighted by Gasteiger charge is 2.04. The molecule has 29 heavy (non-hydrogen) atoms. The zero-order chi connectivity index (χ0) is 20.7. The van der Waals surface area contributed by atoms with Gasteiger partial charge in [-0.2, -0.15) is 0 Å². The molecule has 2 aromatic carbocycles. The molecule has 0 fully saturated rings. The van der Waals surface area contributed by atoms with Gasteiger partial charge < -0.3 is 4.74 Å². The number of unbranched alkanes of at least 4 members (excludes halogenated alkanes) is 5. The van der Waals surface area contributed by atoms with Crippen LogP contribution in [-0.2, 0) is 0 Å². The monoisotopic (exact) mass is 410 g/mol. The van der Waals surface area contributed by atoms with Crippen molar-refractivity contribution in [1.82, 2.24) is 0 Å². The normalized spacial score (nSPS) is 11.1. The van der Waals surface area contributed by atoms with Gasteiger partial charge in [0.1, 0.15) is 5.75 Å². The Morgan fingerprint density at radius 1 is 0.897 bits per heavy atom. The molecule has 2 nitrogen and oxygen atoms in total. The van der Waals surface area contributed by atoms with E-state index in [1.54, 1.807) is 6.08 Å². The quantitative estimate of drug-likeness (QED) is 0.137. The van der Waals surface area contributed by atoms with E-state index in [4.69, 9.17) is 4.74 Å². The van der Waals surface area contributed by atoms with E-state index in [1.165, 1.54) is 37.0 Å². The van der Waals surface area contributed by atoms with Crippen molar-refractivity contribution in [3.8, 4) is 5.75 Å². The molecule has 0 N–H and O–H groups in total. The number of benzene rings is 2. The lowest BCUT2D eigenvalue weighted by molar-refractivity contribution is 0.104. The van der Waals surface area contributed by atoms with Gasteiger partial charge in [0.2, 0.25) is 0 Å². The first kappa shape index (κ1) is 23.3. The van der Waals surface area contributed by atoms with Crippen LogP contribution < -0.4 is 4.74 Å². The van der Waals surface area contributed by atoms with Crippen molar-refractivity contribution in [1.29, 1.82) is 0 Å². The molecular weight excluding hydrogens is 376 g/mol. The molecule has 0 aliphatic carbocycles. The van der Waals surface area contributed by atoms with E-state index in [2.05, 4.69) is 13.8 Å². The summed E-state index contributed by atoms with van der Waals surface area (Å²) in [5, 5.41) is 0. The molecule has 0 aliphatic rings. The Bertz CT molecular complexity index is 750. The van der Waals surface area contributed by atoms with Gasteiger partial charge in [-0.15, -0.1) is 11.8 Å². The van der Waals surface area contributed by atoms with E-state index in [0.29, 0.717) is 5.56 Å². The fraction of sp³-hybridized carbons (Fsp3) is 0.423. The Hall–Kier alpha value is -2.00. The highest BCUT2D eigenvalue weighted by Crippen LogP contribution is 2.22. The molecule has 0 spiro atoms. The minimum Gasteiger partial charge on any atom is -0.493 e. The summed E-state index contributed by atoms with van der Waals surface area (Å²) < 4.78 is 5.97. The average molecular weight is 411 g/mol. The van der Waals surface area contributed by atoms with E-state index in [9.17, 15) is 4.79 Å². The average Bonchev–Trinajstić information content (AvgIpc) is 2.76. The summed E-state index contributed by atoms with van der Waals surface area (Å²) in [4.78, 5) is 13.7. The van der Waals surface area contributed by atoms with Crippen molar-refractivity contribution in [3.05, 3.63) is 65.7 Å². The maximum absolute atomic E-state index is 12.5. The van der Waals surface area contributed by atoms with Crippen LogP contribution in [0.3, 0.4) is 0 Å². The first-order chi connectivity index (χ1) is 14.2. The SMILES string of the molecule is CCCCCCCCOc1ccccc1C=CC(=O)c1ccc(SCCC)cc1. The van der Waals surface area contributed by atoms with Gasteiger partial charge in [0.15, 0.2) is 5.78 Å². The molecule has 0 aliphatic heterocycles. The maximum atomic E-state index is 12.5. The van der Waals surface area contributed by atoms with Gasteiger partial charge in [-0.25, -0.2) is 0 Å². The van der Waals surface area contributed by atoms with E-state index < -0.39 is 0 Å². The molecule has 0 saturated carbocycles. The molecule has 0 heterocycles. The number of ether oxygens (including phenoxy) is 1. The molecule has 0 atom stereocenters. The van der Waals surface area contributed by atoms with E-state index >= 15 is 0 Å². The highest BCUT2D eigenvalue weighted by molar-refractivity contribution is 7.99. The minimum absolute atomic E-state index is 0.0165. The number of ketones is 1. The van der Waals surface area contributed by atoms with Crippen molar-refractivity contribution in [3.63, 3.8) is 0 Å². The third kappa shape index (κ3) is 8.91. The van der Waals surface area contributed by atoms with Crippen molar-refractivity contribution < 1.29 is 9.53 Å². The predicted octanol–water partition coefficient (Wildman–Crippen LogP) is 7.82. The Labute approximate surface area is 180 Å². The fourth-order valence-electron chi connectivity index (χ4n) is 3.01. The standard InChI is InChI=1S/C26H34O2S/c1-3-5-6-7-8-11-20-28-26-13-10-9-12-23(26)16-19-25(27)22-14-17-24(18-15-22)29-21-4-2/h9-10,12-19H,3-8,11,20-21H2,1-2H3. The number of hydrogen-bond donors (Lipinski definition) is 0. The number of rotatable bonds is 14. The lowest BCUT2D eigenvalue weighted by atomic mass is 10.1. The van der Waals surface area contributed by atoms with Crippen molar-refractivity contribution in [2.45, 2.75) is 63.7 Å². The molecule has 0 amide bonds. The summed E-state index contributed by atoms with van der Waals surface area (Å²) in [5.74, 6) is 1.96. The Morgan fingerprint density at radius 3 is 2.38 bits per heavy atom. The minimum atomic E-state index is 0.0165. The molecule has 3 heteroatoms. The molecule has 2 aromatic rings. The molecule has 0 radical (unpaired) electrons. The van der Waals surface area contributed by atoms with E-state index in [0.717, 1.165) is 36.5 Å². The molecule has 0 unspecified atom stereocenters. The smallest absolute Gasteiger partial charge is 0.185 e. The third-order valence-corrected chi connectivity index (χ3v) is 5.92. The predicted molar refractivity (Wildman–Crippen MR) is 126 cm³/mol. The summed E-state index contributed by atoms with van der Waals surface area (Å²) in [6.07, 6.45) is 12.1. The summed E-state index contributed by atoms with van der Waals surface area (Å²) in [6, 6.07) is 15.8. The van der Waals surface area contributed by atoms with Crippen molar-refractivity contribution in [2.24, 2.45) is 0 Å². The zero-order valence-electron chi connectivity index (χ0n) is 17.9. The van der Waals surface area contributed by atoms with Gasteiger partial charge in [0, 0.05) is 16.0 Å². The van der Waals surface area contributed by atoms with Crippen LogP contribution in [0.4, 0.5) is 0 Å². The largest absolute Gasteiger partial charge is 0.493 e. The number of carbonyl (C=O) groups excluding carboxylic acids is 1. The van der Waals surface area contributed by atoms with Crippen LogP contribution in [0.15, 0.2) is 59.5 Å². The van der Waals surface area contributed by atoms with Crippen molar-refractivity contribution >= 4 is 23.6 Å². The maximum Gasteiger partial charge on any atom is 0.185 e. The van der Waals surface area contributed by atoms with Crippen molar-refractivity contribution in [2.75, 3.05) is 12.4 Å². The Balaban J connectivity index is 1.87. The summed E-state index contributed by atoms with van der Waals surface area (Å²) in [5.41, 5.74) is 1.66. The number of carbonyl (C=O) groups is 1. The second-order valence-corrected chi connectivity index (χ2v) is 8.39. The van der Waals surface area contributed by atoms with Crippen LogP contribution in [0.2, 0.25) is 0 Å². The van der Waals surface area contributed by atoms with Gasteiger partial charge in [0.05, 0.1) is 6.61 Å². The van der Waals surface area contributed by atoms with Crippen LogP contribution in [0, 0.1) is 0 Å². The van der Waals surface area contributed by atoms with Gasteiger partial charge in [0.25, 0.3) is 0 Å². The molecule has 0 bridgehead atoms. The summed E-state index contributed by atoms with van der Waals surface area (Å²) >= 11 is 1.82. The lowest BCUT2D eigenvalue weighted by Gasteiger charge is -2.09. The summed E-state index contributed by atoms with van der Waals surface area (Å²) in [7, 11) is 0. The molecule has 2 rings (SSSR count).